The zero-order chi connectivity index (χ0) is 12.3. The van der Waals surface area contributed by atoms with Gasteiger partial charge in [-0.2, -0.15) is 0 Å². The number of pyridine rings is 1. The number of hydrogen-bond acceptors (Lipinski definition) is 3. The second-order valence-electron chi connectivity index (χ2n) is 3.90. The lowest BCUT2D eigenvalue weighted by Crippen LogP contribution is -2.22. The van der Waals surface area contributed by atoms with Gasteiger partial charge in [-0.1, -0.05) is 0 Å². The minimum absolute atomic E-state index is 0.0784. The zero-order valence-corrected chi connectivity index (χ0v) is 10.7. The Labute approximate surface area is 105 Å². The summed E-state index contributed by atoms with van der Waals surface area (Å²) in [6.45, 7) is 4.53. The molecule has 0 spiro atoms. The summed E-state index contributed by atoms with van der Waals surface area (Å²) in [4.78, 5) is 17.1. The summed E-state index contributed by atoms with van der Waals surface area (Å²) in [5.41, 5.74) is 2.73. The first-order valence-corrected chi connectivity index (χ1v) is 6.28. The Kier molecular flexibility index (Phi) is 3.54. The number of amides is 1. The summed E-state index contributed by atoms with van der Waals surface area (Å²) in [5.74, 6) is -0.0784. The van der Waals surface area contributed by atoms with Crippen LogP contribution in [0.15, 0.2) is 29.8 Å². The largest absolute Gasteiger partial charge is 0.347 e. The van der Waals surface area contributed by atoms with E-state index in [0.717, 1.165) is 5.69 Å². The van der Waals surface area contributed by atoms with Crippen molar-refractivity contribution in [1.82, 2.24) is 10.3 Å². The van der Waals surface area contributed by atoms with Crippen molar-refractivity contribution < 1.29 is 4.79 Å². The Balaban J connectivity index is 1.98. The highest BCUT2D eigenvalue weighted by Crippen LogP contribution is 2.15. The fourth-order valence-electron chi connectivity index (χ4n) is 1.45. The fraction of sp³-hybridized carbons (Fsp3) is 0.231. The molecular formula is C13H14N2OS. The van der Waals surface area contributed by atoms with E-state index < -0.39 is 0 Å². The van der Waals surface area contributed by atoms with Crippen LogP contribution in [0.5, 0.6) is 0 Å². The average molecular weight is 246 g/mol. The van der Waals surface area contributed by atoms with E-state index in [2.05, 4.69) is 16.4 Å². The van der Waals surface area contributed by atoms with Gasteiger partial charge in [0.25, 0.3) is 5.91 Å². The third kappa shape index (κ3) is 2.91. The van der Waals surface area contributed by atoms with E-state index in [0.29, 0.717) is 12.1 Å². The molecule has 0 aliphatic carbocycles. The van der Waals surface area contributed by atoms with Crippen LogP contribution in [0.1, 0.15) is 26.5 Å². The van der Waals surface area contributed by atoms with E-state index in [9.17, 15) is 4.79 Å². The van der Waals surface area contributed by atoms with Crippen molar-refractivity contribution in [3.63, 3.8) is 0 Å². The van der Waals surface area contributed by atoms with Crippen LogP contribution < -0.4 is 5.32 Å². The molecule has 0 radical (unpaired) electrons. The molecule has 3 nitrogen and oxygen atoms in total. The van der Waals surface area contributed by atoms with Gasteiger partial charge in [0, 0.05) is 16.8 Å². The van der Waals surface area contributed by atoms with Gasteiger partial charge in [0.2, 0.25) is 0 Å². The van der Waals surface area contributed by atoms with E-state index in [1.54, 1.807) is 23.6 Å². The molecule has 0 aliphatic heterocycles. The first-order valence-electron chi connectivity index (χ1n) is 5.40. The Bertz CT molecular complexity index is 516. The molecule has 0 saturated heterocycles. The number of nitrogens with one attached hydrogen (secondary N) is 1. The van der Waals surface area contributed by atoms with E-state index in [4.69, 9.17) is 0 Å². The Morgan fingerprint density at radius 1 is 1.35 bits per heavy atom. The van der Waals surface area contributed by atoms with Gasteiger partial charge in [-0.05, 0) is 43.0 Å². The molecule has 2 aromatic rings. The molecule has 2 heterocycles. The van der Waals surface area contributed by atoms with Crippen LogP contribution in [0.4, 0.5) is 0 Å². The monoisotopic (exact) mass is 246 g/mol. The maximum atomic E-state index is 11.8. The lowest BCUT2D eigenvalue weighted by atomic mass is 10.2. The third-order valence-corrected chi connectivity index (χ3v) is 3.57. The van der Waals surface area contributed by atoms with Gasteiger partial charge in [-0.15, -0.1) is 11.3 Å². The van der Waals surface area contributed by atoms with Gasteiger partial charge in [-0.25, -0.2) is 0 Å². The highest BCUT2D eigenvalue weighted by Gasteiger charge is 2.06. The van der Waals surface area contributed by atoms with Crippen LogP contribution >= 0.6 is 11.3 Å². The van der Waals surface area contributed by atoms with Crippen LogP contribution in [0, 0.1) is 13.8 Å². The number of carbonyl (C=O) groups excluding carboxylic acids is 1. The summed E-state index contributed by atoms with van der Waals surface area (Å²) in [6.07, 6.45) is 1.60. The summed E-state index contributed by atoms with van der Waals surface area (Å²) < 4.78 is 0. The zero-order valence-electron chi connectivity index (χ0n) is 9.86. The molecule has 1 N–H and O–H groups in total. The fourth-order valence-corrected chi connectivity index (χ4v) is 2.30. The maximum Gasteiger partial charge on any atom is 0.253 e. The number of carbonyl (C=O) groups is 1. The molecule has 0 aromatic carbocycles. The molecule has 2 aromatic heterocycles. The molecule has 0 saturated carbocycles. The topological polar surface area (TPSA) is 42.0 Å². The van der Waals surface area contributed by atoms with Crippen LogP contribution in [0.2, 0.25) is 0 Å². The minimum atomic E-state index is -0.0784. The summed E-state index contributed by atoms with van der Waals surface area (Å²) in [6, 6.07) is 5.68. The van der Waals surface area contributed by atoms with Gasteiger partial charge in [0.05, 0.1) is 12.1 Å². The smallest absolute Gasteiger partial charge is 0.253 e. The summed E-state index contributed by atoms with van der Waals surface area (Å²) in [7, 11) is 0. The molecule has 4 heteroatoms. The second-order valence-corrected chi connectivity index (χ2v) is 4.90. The van der Waals surface area contributed by atoms with Gasteiger partial charge in [0.15, 0.2) is 0 Å². The van der Waals surface area contributed by atoms with Gasteiger partial charge < -0.3 is 5.32 Å². The van der Waals surface area contributed by atoms with Crippen LogP contribution in [0.3, 0.4) is 0 Å². The van der Waals surface area contributed by atoms with Crippen LogP contribution in [-0.2, 0) is 6.54 Å². The van der Waals surface area contributed by atoms with Crippen LogP contribution in [-0.4, -0.2) is 10.9 Å². The first-order chi connectivity index (χ1) is 8.16. The quantitative estimate of drug-likeness (QED) is 0.904. The molecule has 17 heavy (non-hydrogen) atoms. The number of aromatic nitrogens is 1. The second kappa shape index (κ2) is 5.10. The van der Waals surface area contributed by atoms with Crippen molar-refractivity contribution in [3.8, 4) is 0 Å². The lowest BCUT2D eigenvalue weighted by Gasteiger charge is -2.04. The third-order valence-electron chi connectivity index (χ3n) is 2.55. The Hall–Kier alpha value is -1.68. The minimum Gasteiger partial charge on any atom is -0.347 e. The predicted molar refractivity (Wildman–Crippen MR) is 69.2 cm³/mol. The van der Waals surface area contributed by atoms with Crippen molar-refractivity contribution in [2.24, 2.45) is 0 Å². The molecular weight excluding hydrogens is 232 g/mol. The Morgan fingerprint density at radius 2 is 2.18 bits per heavy atom. The molecule has 0 bridgehead atoms. The molecule has 1 amide bonds. The number of nitrogens with zero attached hydrogens (tertiary/aromatic N) is 1. The number of thiophene rings is 1. The lowest BCUT2D eigenvalue weighted by molar-refractivity contribution is 0.0951. The maximum absolute atomic E-state index is 11.8. The highest BCUT2D eigenvalue weighted by molar-refractivity contribution is 7.10. The van der Waals surface area contributed by atoms with Crippen molar-refractivity contribution in [2.45, 2.75) is 20.4 Å². The molecule has 0 atom stereocenters. The van der Waals surface area contributed by atoms with Gasteiger partial charge in [-0.3, -0.25) is 9.78 Å². The number of aryl methyl sites for hydroxylation is 2. The summed E-state index contributed by atoms with van der Waals surface area (Å²) in [5, 5.41) is 4.93. The molecule has 88 valence electrons. The Morgan fingerprint density at radius 3 is 2.76 bits per heavy atom. The summed E-state index contributed by atoms with van der Waals surface area (Å²) >= 11 is 1.66. The normalized spacial score (nSPS) is 10.2. The van der Waals surface area contributed by atoms with Crippen molar-refractivity contribution >= 4 is 17.2 Å². The van der Waals surface area contributed by atoms with E-state index >= 15 is 0 Å². The van der Waals surface area contributed by atoms with E-state index in [-0.39, 0.29) is 5.91 Å². The first kappa shape index (κ1) is 11.8. The highest BCUT2D eigenvalue weighted by atomic mass is 32.1. The molecule has 0 aliphatic rings. The number of hydrogen-bond donors (Lipinski definition) is 1. The molecule has 2 rings (SSSR count). The SMILES string of the molecule is Cc1ccc(C(=O)NCc2sccc2C)cn1. The average Bonchev–Trinajstić information content (AvgIpc) is 2.73. The van der Waals surface area contributed by atoms with Crippen LogP contribution in [0.25, 0.3) is 0 Å². The van der Waals surface area contributed by atoms with E-state index in [1.165, 1.54) is 10.4 Å². The van der Waals surface area contributed by atoms with E-state index in [1.807, 2.05) is 25.3 Å². The standard InChI is InChI=1S/C13H14N2OS/c1-9-5-6-17-12(9)8-15-13(16)11-4-3-10(2)14-7-11/h3-7H,8H2,1-2H3,(H,15,16). The van der Waals surface area contributed by atoms with Gasteiger partial charge in [0.1, 0.15) is 0 Å². The predicted octanol–water partition coefficient (Wildman–Crippen LogP) is 2.69. The van der Waals surface area contributed by atoms with Gasteiger partial charge >= 0.3 is 0 Å². The van der Waals surface area contributed by atoms with Crippen molar-refractivity contribution in [1.29, 1.82) is 0 Å². The van der Waals surface area contributed by atoms with Crippen molar-refractivity contribution in [3.05, 3.63) is 51.5 Å². The molecule has 0 fully saturated rings. The number of rotatable bonds is 3. The van der Waals surface area contributed by atoms with Crippen molar-refractivity contribution in [2.75, 3.05) is 0 Å². The molecule has 0 unspecified atom stereocenters.